The van der Waals surface area contributed by atoms with E-state index in [1.54, 1.807) is 12.1 Å². The number of rotatable bonds is 1. The van der Waals surface area contributed by atoms with Crippen molar-refractivity contribution >= 4 is 8.07 Å². The monoisotopic (exact) mass is 518 g/mol. The third-order valence-electron chi connectivity index (χ3n) is 5.26. The molecule has 0 aromatic rings. The summed E-state index contributed by atoms with van der Waals surface area (Å²) in [5.74, 6) is 1.74. The maximum atomic E-state index is 2.99. The van der Waals surface area contributed by atoms with Crippen molar-refractivity contribution in [3.05, 3.63) is 55.0 Å². The second-order valence-electron chi connectivity index (χ2n) is 6.52. The van der Waals surface area contributed by atoms with E-state index in [0.29, 0.717) is 0 Å². The molecule has 4 heteroatoms. The maximum absolute atomic E-state index is 2.99. The Morgan fingerprint density at radius 2 is 1.82 bits per heavy atom. The van der Waals surface area contributed by atoms with Crippen molar-refractivity contribution in [2.75, 3.05) is 0 Å². The molecular formula is C18H24Cl2HfSi. The molecule has 0 N–H and O–H groups in total. The Morgan fingerprint density at radius 3 is 2.32 bits per heavy atom. The summed E-state index contributed by atoms with van der Waals surface area (Å²) in [4.78, 5) is 0. The van der Waals surface area contributed by atoms with E-state index < -0.39 is 8.07 Å². The van der Waals surface area contributed by atoms with Gasteiger partial charge in [-0.25, -0.2) is 12.2 Å². The Morgan fingerprint density at radius 1 is 1.09 bits per heavy atom. The van der Waals surface area contributed by atoms with E-state index >= 15 is 0 Å². The Labute approximate surface area is 168 Å². The molecule has 3 aliphatic carbocycles. The molecule has 0 nitrogen and oxygen atoms in total. The van der Waals surface area contributed by atoms with Gasteiger partial charge in [0.1, 0.15) is 0 Å². The van der Waals surface area contributed by atoms with Crippen LogP contribution < -0.4 is 24.8 Å². The van der Waals surface area contributed by atoms with E-state index in [9.17, 15) is 0 Å². The van der Waals surface area contributed by atoms with Crippen LogP contribution in [0.3, 0.4) is 0 Å². The first-order valence-electron chi connectivity index (χ1n) is 7.70. The van der Waals surface area contributed by atoms with Crippen LogP contribution in [0.2, 0.25) is 24.2 Å². The van der Waals surface area contributed by atoms with E-state index in [1.165, 1.54) is 12.8 Å². The van der Waals surface area contributed by atoms with Crippen LogP contribution in [-0.4, -0.2) is 8.07 Å². The average Bonchev–Trinajstić information content (AvgIpc) is 3.08. The zero-order chi connectivity index (χ0) is 13.1. The molecule has 4 aliphatic rings. The van der Waals surface area contributed by atoms with Gasteiger partial charge in [-0.05, 0) is 11.8 Å². The minimum Gasteiger partial charge on any atom is -1.00 e. The third kappa shape index (κ3) is 5.06. The molecule has 3 atom stereocenters. The molecule has 0 bridgehead atoms. The van der Waals surface area contributed by atoms with Crippen LogP contribution >= 0.6 is 0 Å². The van der Waals surface area contributed by atoms with E-state index in [4.69, 9.17) is 0 Å². The summed E-state index contributed by atoms with van der Waals surface area (Å²) < 4.78 is 0. The average molecular weight is 518 g/mol. The van der Waals surface area contributed by atoms with Crippen LogP contribution in [0.5, 0.6) is 0 Å². The molecule has 0 spiro atoms. The van der Waals surface area contributed by atoms with Gasteiger partial charge in [-0.1, -0.05) is 49.4 Å². The van der Waals surface area contributed by atoms with Crippen molar-refractivity contribution in [3.8, 4) is 0 Å². The van der Waals surface area contributed by atoms with Gasteiger partial charge in [-0.15, -0.1) is 6.42 Å². The van der Waals surface area contributed by atoms with E-state index in [1.807, 2.05) is 12.2 Å². The summed E-state index contributed by atoms with van der Waals surface area (Å²) in [6, 6.07) is 3.18. The first-order chi connectivity index (χ1) is 9.30. The van der Waals surface area contributed by atoms with Crippen molar-refractivity contribution in [2.45, 2.75) is 43.4 Å². The van der Waals surface area contributed by atoms with Gasteiger partial charge in [0.05, 0.1) is 0 Å². The normalized spacial score (nSPS) is 31.6. The molecule has 0 radical (unpaired) electrons. The molecule has 2 fully saturated rings. The van der Waals surface area contributed by atoms with Crippen LogP contribution in [0, 0.1) is 24.3 Å². The van der Waals surface area contributed by atoms with Crippen molar-refractivity contribution in [3.63, 3.8) is 0 Å². The van der Waals surface area contributed by atoms with Crippen LogP contribution in [0.4, 0.5) is 0 Å². The van der Waals surface area contributed by atoms with Crippen LogP contribution in [0.25, 0.3) is 0 Å². The van der Waals surface area contributed by atoms with Gasteiger partial charge in [0.25, 0.3) is 0 Å². The molecule has 1 heterocycles. The molecule has 0 amide bonds. The topological polar surface area (TPSA) is 0 Å². The molecule has 1 saturated heterocycles. The first-order valence-corrected chi connectivity index (χ1v) is 10.7. The molecular weight excluding hydrogens is 494 g/mol. The Kier molecular flexibility index (Phi) is 10.8. The molecule has 0 aromatic carbocycles. The van der Waals surface area contributed by atoms with Gasteiger partial charge in [-0.3, -0.25) is 6.08 Å². The van der Waals surface area contributed by atoms with E-state index in [2.05, 4.69) is 49.4 Å². The van der Waals surface area contributed by atoms with Gasteiger partial charge in [0.2, 0.25) is 0 Å². The number of hydrogen-bond acceptors (Lipinski definition) is 0. The molecule has 22 heavy (non-hydrogen) atoms. The van der Waals surface area contributed by atoms with Crippen molar-refractivity contribution in [1.29, 1.82) is 0 Å². The van der Waals surface area contributed by atoms with Gasteiger partial charge in [0.15, 0.2) is 0 Å². The first kappa shape index (κ1) is 22.6. The van der Waals surface area contributed by atoms with Crippen molar-refractivity contribution in [1.82, 2.24) is 0 Å². The van der Waals surface area contributed by atoms with E-state index in [-0.39, 0.29) is 50.7 Å². The van der Waals surface area contributed by atoms with Gasteiger partial charge in [0, 0.05) is 8.07 Å². The third-order valence-corrected chi connectivity index (χ3v) is 10.5. The zero-order valence-electron chi connectivity index (χ0n) is 13.1. The summed E-state index contributed by atoms with van der Waals surface area (Å²) in [5.41, 5.74) is 1.00. The Hall–Kier alpha value is 0.627. The minimum absolute atomic E-state index is 0. The number of hydrogen-bond donors (Lipinski definition) is 0. The minimum atomic E-state index is -0.813. The standard InChI is InChI=1S/C13H19Si.C5H5.2ClH.Hf/c1-14(9-4-10-14)13-8-7-11-5-2-3-6-12(11)13;1-2-4-5-3-1;;;/h2-3,5-6,8,11-13H,4,7,9-10H2,1H3;1-3H,4H2;2*1H;/q2*-1;;;+4/p-2. The fraction of sp³-hybridized carbons (Fsp3) is 0.500. The van der Waals surface area contributed by atoms with Gasteiger partial charge >= 0.3 is 25.8 Å². The predicted octanol–water partition coefficient (Wildman–Crippen LogP) is -0.884. The largest absolute Gasteiger partial charge is 4.00 e. The molecule has 1 saturated carbocycles. The molecule has 0 aromatic heterocycles. The van der Waals surface area contributed by atoms with Crippen molar-refractivity contribution in [2.24, 2.45) is 11.8 Å². The fourth-order valence-corrected chi connectivity index (χ4v) is 8.04. The second kappa shape index (κ2) is 10.5. The van der Waals surface area contributed by atoms with Gasteiger partial charge < -0.3 is 31.2 Å². The number of fused-ring (bicyclic) bond motifs is 1. The maximum Gasteiger partial charge on any atom is 4.00 e. The predicted molar refractivity (Wildman–Crippen MR) is 85.3 cm³/mol. The van der Waals surface area contributed by atoms with Crippen molar-refractivity contribution < 1.29 is 50.7 Å². The molecule has 118 valence electrons. The second-order valence-corrected chi connectivity index (χ2v) is 11.5. The summed E-state index contributed by atoms with van der Waals surface area (Å²) in [6.07, 6.45) is 24.9. The van der Waals surface area contributed by atoms with E-state index in [0.717, 1.165) is 23.8 Å². The van der Waals surface area contributed by atoms with Crippen LogP contribution in [0.1, 0.15) is 19.3 Å². The molecule has 4 rings (SSSR count). The van der Waals surface area contributed by atoms with Crippen LogP contribution in [-0.2, 0) is 25.8 Å². The summed E-state index contributed by atoms with van der Waals surface area (Å²) in [5, 5.41) is 0. The zero-order valence-corrected chi connectivity index (χ0v) is 19.2. The SMILES string of the molecule is C[Si]1(C2[CH-]CC3C=CC=CC32)CCC1.[C-]1=CC=CC1.[Cl-].[Cl-].[Hf+4]. The summed E-state index contributed by atoms with van der Waals surface area (Å²) in [7, 11) is -0.813. The van der Waals surface area contributed by atoms with Crippen LogP contribution in [0.15, 0.2) is 42.5 Å². The number of halogens is 2. The Balaban J connectivity index is 0.000000482. The fourth-order valence-electron chi connectivity index (χ4n) is 3.91. The summed E-state index contributed by atoms with van der Waals surface area (Å²) in [6.45, 7) is 2.63. The molecule has 3 unspecified atom stereocenters. The number of allylic oxidation sites excluding steroid dienone is 8. The smallest absolute Gasteiger partial charge is 1.00 e. The quantitative estimate of drug-likeness (QED) is 0.313. The molecule has 1 aliphatic heterocycles. The van der Waals surface area contributed by atoms with Gasteiger partial charge in [-0.2, -0.15) is 18.0 Å². The summed E-state index contributed by atoms with van der Waals surface area (Å²) >= 11 is 0. The Bertz CT molecular complexity index is 428.